The van der Waals surface area contributed by atoms with Crippen LogP contribution in [-0.4, -0.2) is 29.0 Å². The number of hydrogen-bond acceptors (Lipinski definition) is 4. The topological polar surface area (TPSA) is 66.9 Å². The lowest BCUT2D eigenvalue weighted by Gasteiger charge is -2.06. The van der Waals surface area contributed by atoms with Gasteiger partial charge in [0.25, 0.3) is 5.91 Å². The molecule has 0 spiro atoms. The third kappa shape index (κ3) is 4.80. The van der Waals surface area contributed by atoms with Crippen LogP contribution in [0.3, 0.4) is 0 Å². The third-order valence-corrected chi connectivity index (χ3v) is 3.05. The van der Waals surface area contributed by atoms with Crippen LogP contribution in [0.25, 0.3) is 0 Å². The van der Waals surface area contributed by atoms with Crippen molar-refractivity contribution in [2.75, 3.05) is 18.4 Å². The second-order valence-electron chi connectivity index (χ2n) is 4.85. The smallest absolute Gasteiger partial charge is 0.271 e. The van der Waals surface area contributed by atoms with Crippen molar-refractivity contribution < 1.29 is 9.18 Å². The molecule has 2 aromatic rings. The molecule has 2 N–H and O–H groups in total. The van der Waals surface area contributed by atoms with E-state index in [1.807, 2.05) is 0 Å². The lowest BCUT2D eigenvalue weighted by Crippen LogP contribution is -2.26. The van der Waals surface area contributed by atoms with Gasteiger partial charge in [-0.15, -0.1) is 0 Å². The summed E-state index contributed by atoms with van der Waals surface area (Å²) in [5.41, 5.74) is 1.24. The lowest BCUT2D eigenvalue weighted by molar-refractivity contribution is 0.0949. The Balaban J connectivity index is 1.80. The zero-order valence-corrected chi connectivity index (χ0v) is 12.5. The number of anilines is 1. The van der Waals surface area contributed by atoms with Crippen LogP contribution in [0.1, 0.15) is 29.4 Å². The molecule has 0 saturated carbocycles. The Kier molecular flexibility index (Phi) is 5.82. The Hall–Kier alpha value is -2.50. The molecule has 22 heavy (non-hydrogen) atoms. The van der Waals surface area contributed by atoms with Crippen molar-refractivity contribution in [3.05, 3.63) is 53.7 Å². The van der Waals surface area contributed by atoms with Gasteiger partial charge in [0.05, 0.1) is 12.4 Å². The van der Waals surface area contributed by atoms with E-state index >= 15 is 0 Å². The average molecular weight is 302 g/mol. The first-order valence-electron chi connectivity index (χ1n) is 7.27. The van der Waals surface area contributed by atoms with Crippen molar-refractivity contribution in [2.24, 2.45) is 0 Å². The lowest BCUT2D eigenvalue weighted by atomic mass is 10.1. The first-order chi connectivity index (χ1) is 10.7. The molecule has 6 heteroatoms. The molecule has 5 nitrogen and oxygen atoms in total. The number of nitrogens with one attached hydrogen (secondary N) is 2. The van der Waals surface area contributed by atoms with Crippen molar-refractivity contribution in [1.82, 2.24) is 15.3 Å². The molecule has 0 bridgehead atoms. The van der Waals surface area contributed by atoms with E-state index in [2.05, 4.69) is 27.5 Å². The zero-order chi connectivity index (χ0) is 15.8. The Morgan fingerprint density at radius 2 is 1.91 bits per heavy atom. The molecule has 1 amide bonds. The Morgan fingerprint density at radius 3 is 2.55 bits per heavy atom. The van der Waals surface area contributed by atoms with Gasteiger partial charge in [-0.1, -0.05) is 19.1 Å². The van der Waals surface area contributed by atoms with E-state index in [-0.39, 0.29) is 17.4 Å². The summed E-state index contributed by atoms with van der Waals surface area (Å²) in [6.45, 7) is 3.34. The summed E-state index contributed by atoms with van der Waals surface area (Å²) < 4.78 is 12.8. The molecule has 0 aliphatic heterocycles. The summed E-state index contributed by atoms with van der Waals surface area (Å²) in [6, 6.07) is 6.22. The SMILES string of the molecule is CCCNc1cnc(C(=O)NCCc2ccc(F)cc2)cn1. The number of amides is 1. The van der Waals surface area contributed by atoms with Crippen LogP contribution in [0.2, 0.25) is 0 Å². The van der Waals surface area contributed by atoms with E-state index in [4.69, 9.17) is 0 Å². The molecule has 0 saturated heterocycles. The number of aromatic nitrogens is 2. The molecule has 1 aromatic carbocycles. The van der Waals surface area contributed by atoms with E-state index in [0.29, 0.717) is 18.8 Å². The number of halogens is 1. The summed E-state index contributed by atoms with van der Waals surface area (Å²) in [5.74, 6) is 0.126. The molecule has 0 fully saturated rings. The van der Waals surface area contributed by atoms with Gasteiger partial charge >= 0.3 is 0 Å². The van der Waals surface area contributed by atoms with E-state index in [0.717, 1.165) is 18.5 Å². The maximum atomic E-state index is 12.8. The van der Waals surface area contributed by atoms with Crippen LogP contribution in [0, 0.1) is 5.82 Å². The number of rotatable bonds is 7. The van der Waals surface area contributed by atoms with Crippen molar-refractivity contribution in [2.45, 2.75) is 19.8 Å². The van der Waals surface area contributed by atoms with Gasteiger partial charge in [0.15, 0.2) is 0 Å². The second-order valence-corrected chi connectivity index (χ2v) is 4.85. The number of carbonyl (C=O) groups is 1. The number of benzene rings is 1. The van der Waals surface area contributed by atoms with Crippen LogP contribution < -0.4 is 10.6 Å². The van der Waals surface area contributed by atoms with Gasteiger partial charge < -0.3 is 10.6 Å². The molecule has 0 unspecified atom stereocenters. The highest BCUT2D eigenvalue weighted by molar-refractivity contribution is 5.91. The van der Waals surface area contributed by atoms with Gasteiger partial charge in [-0.05, 0) is 30.5 Å². The Labute approximate surface area is 129 Å². The van der Waals surface area contributed by atoms with Gasteiger partial charge in [-0.2, -0.15) is 0 Å². The molecular weight excluding hydrogens is 283 g/mol. The third-order valence-electron chi connectivity index (χ3n) is 3.05. The fourth-order valence-electron chi connectivity index (χ4n) is 1.85. The summed E-state index contributed by atoms with van der Waals surface area (Å²) in [5, 5.41) is 5.86. The Morgan fingerprint density at radius 1 is 1.14 bits per heavy atom. The summed E-state index contributed by atoms with van der Waals surface area (Å²) in [6.07, 6.45) is 4.62. The first kappa shape index (κ1) is 15.9. The molecule has 0 aliphatic rings. The molecule has 0 atom stereocenters. The predicted molar refractivity (Wildman–Crippen MR) is 83.2 cm³/mol. The normalized spacial score (nSPS) is 10.3. The van der Waals surface area contributed by atoms with Crippen LogP contribution in [-0.2, 0) is 6.42 Å². The average Bonchev–Trinajstić information content (AvgIpc) is 2.55. The molecule has 0 aliphatic carbocycles. The van der Waals surface area contributed by atoms with Crippen LogP contribution in [0.15, 0.2) is 36.7 Å². The summed E-state index contributed by atoms with van der Waals surface area (Å²) in [7, 11) is 0. The monoisotopic (exact) mass is 302 g/mol. The van der Waals surface area contributed by atoms with E-state index in [1.54, 1.807) is 18.3 Å². The van der Waals surface area contributed by atoms with Gasteiger partial charge in [0.1, 0.15) is 17.3 Å². The predicted octanol–water partition coefficient (Wildman–Crippen LogP) is 2.41. The van der Waals surface area contributed by atoms with Crippen molar-refractivity contribution >= 4 is 11.7 Å². The van der Waals surface area contributed by atoms with Crippen LogP contribution in [0.5, 0.6) is 0 Å². The molecule has 116 valence electrons. The maximum Gasteiger partial charge on any atom is 0.271 e. The van der Waals surface area contributed by atoms with E-state index < -0.39 is 0 Å². The number of hydrogen-bond donors (Lipinski definition) is 2. The maximum absolute atomic E-state index is 12.8. The minimum absolute atomic E-state index is 0.264. The molecular formula is C16H19FN4O. The highest BCUT2D eigenvalue weighted by Gasteiger charge is 2.07. The van der Waals surface area contributed by atoms with Gasteiger partial charge in [-0.3, -0.25) is 4.79 Å². The summed E-state index contributed by atoms with van der Waals surface area (Å²) >= 11 is 0. The highest BCUT2D eigenvalue weighted by Crippen LogP contribution is 2.04. The highest BCUT2D eigenvalue weighted by atomic mass is 19.1. The molecule has 1 aromatic heterocycles. The standard InChI is InChI=1S/C16H19FN4O/c1-2-8-18-15-11-20-14(10-21-15)16(22)19-9-7-12-3-5-13(17)6-4-12/h3-6,10-11H,2,7-9H2,1H3,(H,18,21)(H,19,22). The quantitative estimate of drug-likeness (QED) is 0.824. The van der Waals surface area contributed by atoms with Crippen LogP contribution in [0.4, 0.5) is 10.2 Å². The van der Waals surface area contributed by atoms with Crippen molar-refractivity contribution in [1.29, 1.82) is 0 Å². The van der Waals surface area contributed by atoms with Gasteiger partial charge in [-0.25, -0.2) is 14.4 Å². The van der Waals surface area contributed by atoms with E-state index in [9.17, 15) is 9.18 Å². The number of carbonyl (C=O) groups excluding carboxylic acids is 1. The fourth-order valence-corrected chi connectivity index (χ4v) is 1.85. The molecule has 0 radical (unpaired) electrons. The summed E-state index contributed by atoms with van der Waals surface area (Å²) in [4.78, 5) is 20.1. The van der Waals surface area contributed by atoms with Gasteiger partial charge in [0, 0.05) is 13.1 Å². The minimum Gasteiger partial charge on any atom is -0.369 e. The van der Waals surface area contributed by atoms with Crippen molar-refractivity contribution in [3.8, 4) is 0 Å². The largest absolute Gasteiger partial charge is 0.369 e. The Bertz CT molecular complexity index is 599. The fraction of sp³-hybridized carbons (Fsp3) is 0.312. The van der Waals surface area contributed by atoms with Gasteiger partial charge in [0.2, 0.25) is 0 Å². The van der Waals surface area contributed by atoms with Crippen molar-refractivity contribution in [3.63, 3.8) is 0 Å². The second kappa shape index (κ2) is 8.07. The minimum atomic E-state index is -0.267. The molecule has 2 rings (SSSR count). The van der Waals surface area contributed by atoms with E-state index in [1.165, 1.54) is 18.3 Å². The zero-order valence-electron chi connectivity index (χ0n) is 12.5. The number of nitrogens with zero attached hydrogens (tertiary/aromatic N) is 2. The van der Waals surface area contributed by atoms with Crippen LogP contribution >= 0.6 is 0 Å². The molecule has 1 heterocycles. The first-order valence-corrected chi connectivity index (χ1v) is 7.27.